The maximum atomic E-state index is 12.3. The SMILES string of the molecule is Cc1ccc2c(c1)N(C)[C@@H](CNC(=O)c1ccoc1)C[NH+]=C2c1ccccc1.[Cl-]. The minimum Gasteiger partial charge on any atom is -1.00 e. The topological polar surface area (TPSA) is 59.5 Å². The molecule has 1 aliphatic heterocycles. The van der Waals surface area contributed by atoms with Gasteiger partial charge in [0.1, 0.15) is 12.3 Å². The van der Waals surface area contributed by atoms with Gasteiger partial charge in [0, 0.05) is 19.2 Å². The molecule has 5 nitrogen and oxygen atoms in total. The van der Waals surface area contributed by atoms with Crippen LogP contribution < -0.4 is 27.6 Å². The van der Waals surface area contributed by atoms with Crippen molar-refractivity contribution in [3.63, 3.8) is 0 Å². The highest BCUT2D eigenvalue weighted by molar-refractivity contribution is 6.12. The van der Waals surface area contributed by atoms with Crippen LogP contribution in [-0.2, 0) is 0 Å². The highest BCUT2D eigenvalue weighted by Gasteiger charge is 2.29. The Morgan fingerprint density at radius 3 is 2.72 bits per heavy atom. The number of carbonyl (C=O) groups is 1. The number of furan rings is 1. The fourth-order valence-corrected chi connectivity index (χ4v) is 3.57. The molecular weight excluding hydrogens is 386 g/mol. The van der Waals surface area contributed by atoms with Crippen LogP contribution in [0.25, 0.3) is 0 Å². The van der Waals surface area contributed by atoms with E-state index in [0.29, 0.717) is 12.1 Å². The highest BCUT2D eigenvalue weighted by atomic mass is 35.5. The van der Waals surface area contributed by atoms with Gasteiger partial charge in [-0.3, -0.25) is 4.79 Å². The summed E-state index contributed by atoms with van der Waals surface area (Å²) in [7, 11) is 2.09. The molecule has 0 saturated heterocycles. The molecule has 0 aliphatic carbocycles. The van der Waals surface area contributed by atoms with Gasteiger partial charge in [0.2, 0.25) is 5.71 Å². The Bertz CT molecular complexity index is 1000. The molecule has 1 aliphatic rings. The van der Waals surface area contributed by atoms with Crippen molar-refractivity contribution in [2.45, 2.75) is 13.0 Å². The van der Waals surface area contributed by atoms with Gasteiger partial charge in [-0.05, 0) is 42.8 Å². The van der Waals surface area contributed by atoms with Gasteiger partial charge in [-0.25, -0.2) is 4.99 Å². The maximum absolute atomic E-state index is 12.3. The van der Waals surface area contributed by atoms with E-state index in [2.05, 4.69) is 71.6 Å². The van der Waals surface area contributed by atoms with Gasteiger partial charge in [-0.1, -0.05) is 24.3 Å². The smallest absolute Gasteiger partial charge is 0.254 e. The minimum atomic E-state index is -0.122. The van der Waals surface area contributed by atoms with E-state index in [0.717, 1.165) is 23.5 Å². The third kappa shape index (κ3) is 4.35. The number of nitrogens with zero attached hydrogens (tertiary/aromatic N) is 1. The van der Waals surface area contributed by atoms with Crippen molar-refractivity contribution in [1.29, 1.82) is 0 Å². The zero-order valence-corrected chi connectivity index (χ0v) is 17.2. The van der Waals surface area contributed by atoms with Crippen LogP contribution in [0.15, 0.2) is 71.5 Å². The molecule has 0 bridgehead atoms. The van der Waals surface area contributed by atoms with E-state index < -0.39 is 0 Å². The molecule has 0 spiro atoms. The Morgan fingerprint density at radius 2 is 2.00 bits per heavy atom. The maximum Gasteiger partial charge on any atom is 0.254 e. The van der Waals surface area contributed by atoms with Gasteiger partial charge in [-0.2, -0.15) is 0 Å². The number of rotatable bonds is 4. The number of hydrogen-bond donors (Lipinski definition) is 2. The van der Waals surface area contributed by atoms with Crippen LogP contribution in [0.3, 0.4) is 0 Å². The lowest BCUT2D eigenvalue weighted by Crippen LogP contribution is -3.00. The Hall–Kier alpha value is -3.05. The Morgan fingerprint density at radius 1 is 1.21 bits per heavy atom. The normalized spacial score (nSPS) is 15.6. The summed E-state index contributed by atoms with van der Waals surface area (Å²) < 4.78 is 5.00. The van der Waals surface area contributed by atoms with Crippen LogP contribution in [0.2, 0.25) is 0 Å². The number of amides is 1. The van der Waals surface area contributed by atoms with Crippen LogP contribution >= 0.6 is 0 Å². The van der Waals surface area contributed by atoms with E-state index in [1.54, 1.807) is 6.07 Å². The average Bonchev–Trinajstić information content (AvgIpc) is 3.22. The third-order valence-electron chi connectivity index (χ3n) is 5.21. The second-order valence-corrected chi connectivity index (χ2v) is 7.13. The molecule has 1 aromatic heterocycles. The fourth-order valence-electron chi connectivity index (χ4n) is 3.57. The molecule has 3 aromatic rings. The first-order valence-electron chi connectivity index (χ1n) is 9.44. The monoisotopic (exact) mass is 409 g/mol. The number of halogens is 1. The summed E-state index contributed by atoms with van der Waals surface area (Å²) in [6, 6.07) is 18.7. The summed E-state index contributed by atoms with van der Waals surface area (Å²) in [5.41, 5.74) is 6.35. The molecule has 2 aromatic carbocycles. The van der Waals surface area contributed by atoms with Crippen LogP contribution in [0.1, 0.15) is 27.0 Å². The number of nitrogens with one attached hydrogen (secondary N) is 2. The van der Waals surface area contributed by atoms with E-state index in [-0.39, 0.29) is 24.4 Å². The Balaban J connectivity index is 0.00000240. The van der Waals surface area contributed by atoms with Crippen LogP contribution in [0.4, 0.5) is 5.69 Å². The van der Waals surface area contributed by atoms with Gasteiger partial charge < -0.3 is 27.0 Å². The van der Waals surface area contributed by atoms with Gasteiger partial charge >= 0.3 is 0 Å². The molecule has 0 saturated carbocycles. The van der Waals surface area contributed by atoms with E-state index in [9.17, 15) is 4.79 Å². The number of benzodiazepines with no additional fused rings is 1. The molecule has 1 atom stereocenters. The zero-order valence-electron chi connectivity index (χ0n) is 16.5. The van der Waals surface area contributed by atoms with Gasteiger partial charge in [0.25, 0.3) is 5.91 Å². The molecule has 29 heavy (non-hydrogen) atoms. The number of anilines is 1. The molecular formula is C23H24ClN3O2. The zero-order chi connectivity index (χ0) is 19.5. The quantitative estimate of drug-likeness (QED) is 0.566. The first-order valence-corrected chi connectivity index (χ1v) is 9.44. The molecule has 6 heteroatoms. The lowest BCUT2D eigenvalue weighted by atomic mass is 9.99. The fraction of sp³-hybridized carbons (Fsp3) is 0.217. The first kappa shape index (κ1) is 20.7. The number of aryl methyl sites for hydroxylation is 1. The first-order chi connectivity index (χ1) is 13.6. The Kier molecular flexibility index (Phi) is 6.39. The van der Waals surface area contributed by atoms with E-state index in [1.807, 2.05) is 6.07 Å². The standard InChI is InChI=1S/C23H23N3O2.ClH/c1-16-8-9-20-21(12-16)26(2)19(14-25-23(27)18-10-11-28-15-18)13-24-22(20)17-6-4-3-5-7-17;/h3-12,15,19H,13-14H2,1-2H3,(H,25,27);1H/t19-;/m1./s1. The molecule has 2 N–H and O–H groups in total. The highest BCUT2D eigenvalue weighted by Crippen LogP contribution is 2.25. The molecule has 4 rings (SSSR count). The van der Waals surface area contributed by atoms with E-state index in [4.69, 9.17) is 4.42 Å². The van der Waals surface area contributed by atoms with Crippen LogP contribution in [0.5, 0.6) is 0 Å². The molecule has 0 unspecified atom stereocenters. The van der Waals surface area contributed by atoms with Crippen molar-refractivity contribution in [3.05, 3.63) is 89.4 Å². The summed E-state index contributed by atoms with van der Waals surface area (Å²) >= 11 is 0. The second-order valence-electron chi connectivity index (χ2n) is 7.13. The van der Waals surface area contributed by atoms with E-state index >= 15 is 0 Å². The molecule has 1 amide bonds. The number of carbonyl (C=O) groups excluding carboxylic acids is 1. The van der Waals surface area contributed by atoms with Gasteiger partial charge in [0.15, 0.2) is 6.54 Å². The predicted octanol–water partition coefficient (Wildman–Crippen LogP) is -1.24. The molecule has 2 heterocycles. The van der Waals surface area contributed by atoms with Gasteiger partial charge in [-0.15, -0.1) is 0 Å². The molecule has 150 valence electrons. The molecule has 0 fully saturated rings. The largest absolute Gasteiger partial charge is 1.00 e. The lowest BCUT2D eigenvalue weighted by molar-refractivity contribution is -0.457. The van der Waals surface area contributed by atoms with Crippen LogP contribution in [-0.4, -0.2) is 37.8 Å². The van der Waals surface area contributed by atoms with Crippen molar-refractivity contribution < 1.29 is 26.6 Å². The number of fused-ring (bicyclic) bond motifs is 1. The number of hydrogen-bond acceptors (Lipinski definition) is 3. The minimum absolute atomic E-state index is 0. The van der Waals surface area contributed by atoms with Crippen molar-refractivity contribution in [1.82, 2.24) is 5.32 Å². The number of benzene rings is 2. The van der Waals surface area contributed by atoms with Crippen molar-refractivity contribution in [3.8, 4) is 0 Å². The summed E-state index contributed by atoms with van der Waals surface area (Å²) in [6.45, 7) is 3.35. The van der Waals surface area contributed by atoms with Crippen molar-refractivity contribution >= 4 is 17.3 Å². The number of likely N-dealkylation sites (N-methyl/N-ethyl adjacent to an activating group) is 1. The van der Waals surface area contributed by atoms with Crippen LogP contribution in [0, 0.1) is 6.92 Å². The average molecular weight is 410 g/mol. The van der Waals surface area contributed by atoms with Crippen molar-refractivity contribution in [2.75, 3.05) is 25.0 Å². The molecule has 0 radical (unpaired) electrons. The summed E-state index contributed by atoms with van der Waals surface area (Å²) in [4.78, 5) is 18.2. The summed E-state index contributed by atoms with van der Waals surface area (Å²) in [5, 5.41) is 3.02. The third-order valence-corrected chi connectivity index (χ3v) is 5.21. The Labute approximate surface area is 176 Å². The van der Waals surface area contributed by atoms with Crippen molar-refractivity contribution in [2.24, 2.45) is 0 Å². The summed E-state index contributed by atoms with van der Waals surface area (Å²) in [6.07, 6.45) is 2.97. The lowest BCUT2D eigenvalue weighted by Gasteiger charge is -2.27. The van der Waals surface area contributed by atoms with Gasteiger partial charge in [0.05, 0.1) is 23.1 Å². The second kappa shape index (κ2) is 8.97. The van der Waals surface area contributed by atoms with E-state index in [1.165, 1.54) is 23.7 Å². The summed E-state index contributed by atoms with van der Waals surface area (Å²) in [5.74, 6) is -0.122. The predicted molar refractivity (Wildman–Crippen MR) is 110 cm³/mol.